The molecule has 6 aliphatic heterocycles. The van der Waals surface area contributed by atoms with Crippen molar-refractivity contribution in [3.05, 3.63) is 59.7 Å². The number of anilines is 3. The molecule has 3 aromatic rings. The molecule has 0 radical (unpaired) electrons. The van der Waals surface area contributed by atoms with Crippen LogP contribution in [-0.2, 0) is 20.9 Å². The van der Waals surface area contributed by atoms with Crippen LogP contribution in [0, 0.1) is 5.92 Å². The second-order valence-electron chi connectivity index (χ2n) is 15.7. The molecule has 9 rings (SSSR count). The number of fused-ring (bicyclic) bond motifs is 4. The number of benzene rings is 2. The number of nitrogens with one attached hydrogen (secondary N) is 2. The van der Waals surface area contributed by atoms with Gasteiger partial charge in [-0.3, -0.25) is 19.7 Å². The highest BCUT2D eigenvalue weighted by atomic mass is 16.6. The van der Waals surface area contributed by atoms with Crippen molar-refractivity contribution in [3.8, 4) is 17.0 Å². The zero-order valence-corrected chi connectivity index (χ0v) is 30.9. The molecule has 0 bridgehead atoms. The van der Waals surface area contributed by atoms with Crippen LogP contribution in [0.25, 0.3) is 11.3 Å². The number of phenolic OH excluding ortho intramolecular Hbond substituents is 1. The highest BCUT2D eigenvalue weighted by molar-refractivity contribution is 6.05. The molecule has 4 amide bonds. The molecular weight excluding hydrogens is 702 g/mol. The van der Waals surface area contributed by atoms with E-state index in [1.807, 2.05) is 35.2 Å². The Hall–Kier alpha value is -5.44. The maximum Gasteiger partial charge on any atom is 0.410 e. The number of nitrogens with zero attached hydrogens (tertiary/aromatic N) is 7. The van der Waals surface area contributed by atoms with Crippen LogP contribution in [0.5, 0.6) is 5.75 Å². The summed E-state index contributed by atoms with van der Waals surface area (Å²) in [7, 11) is 0. The molecule has 15 heteroatoms. The SMILES string of the molecule is O=C1CCC(N2Cc3ccc(N4CCC(CN5CCC(OC(=O)N6CCN7c8cc(-c9ccccc9O)nnc8NC[C@H]7C6)CC5)CC4)cc3C2=O)C(=O)N1. The van der Waals surface area contributed by atoms with E-state index < -0.39 is 6.04 Å². The van der Waals surface area contributed by atoms with Crippen LogP contribution in [0.15, 0.2) is 48.5 Å². The first-order valence-electron chi connectivity index (χ1n) is 19.6. The third kappa shape index (κ3) is 7.01. The van der Waals surface area contributed by atoms with E-state index in [0.717, 1.165) is 75.3 Å². The Morgan fingerprint density at radius 2 is 1.69 bits per heavy atom. The monoisotopic (exact) mass is 749 g/mol. The molecule has 0 spiro atoms. The van der Waals surface area contributed by atoms with Crippen LogP contribution < -0.4 is 20.4 Å². The third-order valence-electron chi connectivity index (χ3n) is 12.3. The minimum Gasteiger partial charge on any atom is -0.507 e. The molecule has 4 fully saturated rings. The van der Waals surface area contributed by atoms with E-state index in [0.29, 0.717) is 67.7 Å². The molecule has 15 nitrogen and oxygen atoms in total. The number of ether oxygens (including phenoxy) is 1. The molecule has 2 atom stereocenters. The highest BCUT2D eigenvalue weighted by Gasteiger charge is 2.40. The molecule has 7 heterocycles. The predicted octanol–water partition coefficient (Wildman–Crippen LogP) is 3.04. The fourth-order valence-electron chi connectivity index (χ4n) is 9.18. The van der Waals surface area contributed by atoms with Gasteiger partial charge in [0.2, 0.25) is 11.8 Å². The molecule has 1 unspecified atom stereocenters. The number of piperazine rings is 1. The van der Waals surface area contributed by atoms with E-state index in [1.165, 1.54) is 0 Å². The standard InChI is InChI=1S/C40H47N9O6/c50-35-4-2-1-3-30(35)32-20-34-37(44-43-32)41-21-28-24-47(17-18-48(28)34)40(54)55-29-11-13-45(14-12-29)22-25-9-15-46(16-10-25)27-6-5-26-23-49(39(53)31(26)19-27)33-7-8-36(51)42-38(33)52/h1-6,19-20,25,28-29,33,50H,7-18,21-24H2,(H,41,44)(H,42,51,52)/t28-,33?/m0/s1. The average Bonchev–Trinajstić information content (AvgIpc) is 3.53. The van der Waals surface area contributed by atoms with Gasteiger partial charge in [0.05, 0.1) is 17.4 Å². The van der Waals surface area contributed by atoms with Crippen molar-refractivity contribution in [1.29, 1.82) is 0 Å². The smallest absolute Gasteiger partial charge is 0.410 e. The first kappa shape index (κ1) is 35.3. The number of likely N-dealkylation sites (tertiary alicyclic amines) is 1. The van der Waals surface area contributed by atoms with Crippen molar-refractivity contribution in [2.75, 3.05) is 74.0 Å². The molecule has 4 saturated heterocycles. The van der Waals surface area contributed by atoms with Gasteiger partial charge in [-0.05, 0) is 73.9 Å². The first-order chi connectivity index (χ1) is 26.8. The van der Waals surface area contributed by atoms with E-state index in [1.54, 1.807) is 17.0 Å². The second-order valence-corrected chi connectivity index (χ2v) is 15.7. The van der Waals surface area contributed by atoms with Gasteiger partial charge >= 0.3 is 6.09 Å². The molecule has 6 aliphatic rings. The number of para-hydroxylation sites is 1. The number of rotatable bonds is 6. The van der Waals surface area contributed by atoms with Gasteiger partial charge in [0.25, 0.3) is 5.91 Å². The van der Waals surface area contributed by atoms with Crippen LogP contribution >= 0.6 is 0 Å². The lowest BCUT2D eigenvalue weighted by Gasteiger charge is -2.45. The van der Waals surface area contributed by atoms with Gasteiger partial charge in [0, 0.05) is 88.7 Å². The molecule has 1 aromatic heterocycles. The normalized spacial score (nSPS) is 23.5. The minimum atomic E-state index is -0.603. The Bertz CT molecular complexity index is 1990. The summed E-state index contributed by atoms with van der Waals surface area (Å²) in [6.45, 7) is 7.51. The topological polar surface area (TPSA) is 164 Å². The van der Waals surface area contributed by atoms with Gasteiger partial charge in [-0.15, -0.1) is 10.2 Å². The van der Waals surface area contributed by atoms with Gasteiger partial charge in [0.15, 0.2) is 5.82 Å². The van der Waals surface area contributed by atoms with Crippen molar-refractivity contribution in [3.63, 3.8) is 0 Å². The number of hydrogen-bond acceptors (Lipinski definition) is 12. The minimum absolute atomic E-state index is 0.0732. The summed E-state index contributed by atoms with van der Waals surface area (Å²) in [6, 6.07) is 14.6. The molecule has 2 aromatic carbocycles. The van der Waals surface area contributed by atoms with E-state index in [4.69, 9.17) is 4.74 Å². The highest BCUT2D eigenvalue weighted by Crippen LogP contribution is 2.37. The first-order valence-corrected chi connectivity index (χ1v) is 19.6. The maximum absolute atomic E-state index is 13.4. The van der Waals surface area contributed by atoms with Gasteiger partial charge in [-0.25, -0.2) is 4.79 Å². The summed E-state index contributed by atoms with van der Waals surface area (Å²) in [5.74, 6) is 0.649. The quantitative estimate of drug-likeness (QED) is 0.317. The number of piperidine rings is 3. The van der Waals surface area contributed by atoms with Gasteiger partial charge in [-0.1, -0.05) is 18.2 Å². The Morgan fingerprint density at radius 3 is 2.49 bits per heavy atom. The number of imide groups is 1. The lowest BCUT2D eigenvalue weighted by atomic mass is 9.94. The van der Waals surface area contributed by atoms with Crippen molar-refractivity contribution < 1.29 is 29.0 Å². The van der Waals surface area contributed by atoms with Crippen molar-refractivity contribution in [1.82, 2.24) is 30.2 Å². The van der Waals surface area contributed by atoms with Gasteiger partial charge < -0.3 is 39.7 Å². The zero-order valence-electron chi connectivity index (χ0n) is 30.9. The number of carbonyl (C=O) groups is 4. The van der Waals surface area contributed by atoms with E-state index in [2.05, 4.69) is 41.6 Å². The third-order valence-corrected chi connectivity index (χ3v) is 12.3. The van der Waals surface area contributed by atoms with Gasteiger partial charge in [0.1, 0.15) is 17.9 Å². The van der Waals surface area contributed by atoms with Crippen LogP contribution in [0.1, 0.15) is 54.4 Å². The van der Waals surface area contributed by atoms with Crippen LogP contribution in [-0.4, -0.2) is 131 Å². The van der Waals surface area contributed by atoms with Crippen molar-refractivity contribution in [2.45, 2.75) is 63.3 Å². The zero-order chi connectivity index (χ0) is 37.6. The number of carbonyl (C=O) groups excluding carboxylic acids is 4. The lowest BCUT2D eigenvalue weighted by Crippen LogP contribution is -2.59. The molecule has 0 saturated carbocycles. The summed E-state index contributed by atoms with van der Waals surface area (Å²) in [4.78, 5) is 61.3. The Kier molecular flexibility index (Phi) is 9.40. The van der Waals surface area contributed by atoms with E-state index in [9.17, 15) is 24.3 Å². The van der Waals surface area contributed by atoms with Crippen molar-refractivity contribution in [2.24, 2.45) is 5.92 Å². The number of hydrogen-bond donors (Lipinski definition) is 3. The predicted molar refractivity (Wildman–Crippen MR) is 204 cm³/mol. The van der Waals surface area contributed by atoms with Crippen LogP contribution in [0.3, 0.4) is 0 Å². The lowest BCUT2D eigenvalue weighted by molar-refractivity contribution is -0.136. The second kappa shape index (κ2) is 14.7. The van der Waals surface area contributed by atoms with E-state index in [-0.39, 0.29) is 48.1 Å². The molecule has 55 heavy (non-hydrogen) atoms. The number of aromatic nitrogens is 2. The molecule has 0 aliphatic carbocycles. The molecule has 3 N–H and O–H groups in total. The summed E-state index contributed by atoms with van der Waals surface area (Å²) in [6.07, 6.45) is 4.08. The maximum atomic E-state index is 13.4. The van der Waals surface area contributed by atoms with Gasteiger partial charge in [-0.2, -0.15) is 0 Å². The van der Waals surface area contributed by atoms with Crippen LogP contribution in [0.4, 0.5) is 22.0 Å². The Balaban J connectivity index is 0.718. The molecule has 288 valence electrons. The summed E-state index contributed by atoms with van der Waals surface area (Å²) in [5.41, 5.74) is 4.78. The Morgan fingerprint density at radius 1 is 0.873 bits per heavy atom. The fraction of sp³-hybridized carbons (Fsp3) is 0.500. The van der Waals surface area contributed by atoms with Crippen LogP contribution in [0.2, 0.25) is 0 Å². The molecular formula is C40H47N9O6. The largest absolute Gasteiger partial charge is 0.507 e. The summed E-state index contributed by atoms with van der Waals surface area (Å²) < 4.78 is 6.07. The van der Waals surface area contributed by atoms with E-state index >= 15 is 0 Å². The summed E-state index contributed by atoms with van der Waals surface area (Å²) in [5, 5.41) is 24.8. The summed E-state index contributed by atoms with van der Waals surface area (Å²) >= 11 is 0. The Labute approximate surface area is 319 Å². The number of aromatic hydroxyl groups is 1. The number of phenols is 1. The number of amides is 4. The fourth-order valence-corrected chi connectivity index (χ4v) is 9.18. The average molecular weight is 750 g/mol. The van der Waals surface area contributed by atoms with Crippen molar-refractivity contribution >= 4 is 41.0 Å².